The average Bonchev–Trinajstić information content (AvgIpc) is 3.26. The van der Waals surface area contributed by atoms with Gasteiger partial charge in [0.1, 0.15) is 12.7 Å². The molecule has 6 heteroatoms. The van der Waals surface area contributed by atoms with Gasteiger partial charge in [-0.1, -0.05) is 18.2 Å². The van der Waals surface area contributed by atoms with Crippen LogP contribution in [0.15, 0.2) is 42.5 Å². The van der Waals surface area contributed by atoms with Crippen LogP contribution in [0, 0.1) is 0 Å². The van der Waals surface area contributed by atoms with Crippen LogP contribution in [0.1, 0.15) is 31.2 Å². The largest absolute Gasteiger partial charge is 0.486 e. The Hall–Kier alpha value is -2.44. The Labute approximate surface area is 171 Å². The smallest absolute Gasteiger partial charge is 0.231 e. The minimum Gasteiger partial charge on any atom is -0.486 e. The van der Waals surface area contributed by atoms with E-state index < -0.39 is 0 Å². The molecule has 1 atom stereocenters. The molecule has 0 unspecified atom stereocenters. The van der Waals surface area contributed by atoms with E-state index in [1.54, 1.807) is 0 Å². The van der Waals surface area contributed by atoms with Crippen molar-refractivity contribution in [3.63, 3.8) is 0 Å². The van der Waals surface area contributed by atoms with Gasteiger partial charge in [-0.05, 0) is 55.5 Å². The Balaban J connectivity index is 1.17. The molecule has 29 heavy (non-hydrogen) atoms. The lowest BCUT2D eigenvalue weighted by Gasteiger charge is -2.40. The van der Waals surface area contributed by atoms with E-state index in [0.717, 1.165) is 55.2 Å². The van der Waals surface area contributed by atoms with Crippen molar-refractivity contribution in [3.8, 4) is 23.0 Å². The van der Waals surface area contributed by atoms with Crippen molar-refractivity contribution in [1.29, 1.82) is 0 Å². The monoisotopic (exact) mass is 397 g/mol. The minimum atomic E-state index is -0.261. The standard InChI is InChI=1S/C23H27NO5/c1-25-23(16-6-7-20-22(12-16)28-15-27-20)10-8-17(9-11-23)24-13-18-14-26-19-4-2-3-5-21(19)29-18/h2-7,12,17-18,24H,8-11,13-15H2,1H3/t17?,18-,23?/m0/s1. The highest BCUT2D eigenvalue weighted by Crippen LogP contribution is 2.44. The Kier molecular flexibility index (Phi) is 4.97. The second-order valence-corrected chi connectivity index (χ2v) is 7.95. The fourth-order valence-corrected chi connectivity index (χ4v) is 4.54. The summed E-state index contributed by atoms with van der Waals surface area (Å²) in [7, 11) is 1.81. The topological polar surface area (TPSA) is 58.2 Å². The summed E-state index contributed by atoms with van der Waals surface area (Å²) in [5.74, 6) is 3.28. The highest BCUT2D eigenvalue weighted by molar-refractivity contribution is 5.46. The number of rotatable bonds is 5. The fraction of sp³-hybridized carbons (Fsp3) is 0.478. The predicted molar refractivity (Wildman–Crippen MR) is 108 cm³/mol. The molecular weight excluding hydrogens is 370 g/mol. The maximum absolute atomic E-state index is 6.06. The van der Waals surface area contributed by atoms with Crippen molar-refractivity contribution in [1.82, 2.24) is 5.32 Å². The molecule has 2 aromatic carbocycles. The number of methoxy groups -OCH3 is 1. The van der Waals surface area contributed by atoms with Crippen LogP contribution in [-0.2, 0) is 10.3 Å². The zero-order valence-corrected chi connectivity index (χ0v) is 16.7. The summed E-state index contributed by atoms with van der Waals surface area (Å²) in [5, 5.41) is 3.67. The number of ether oxygens (including phenoxy) is 5. The molecular formula is C23H27NO5. The molecule has 2 aromatic rings. The molecule has 0 amide bonds. The van der Waals surface area contributed by atoms with Crippen LogP contribution in [0.3, 0.4) is 0 Å². The third-order valence-corrected chi connectivity index (χ3v) is 6.28. The van der Waals surface area contributed by atoms with Crippen LogP contribution in [0.4, 0.5) is 0 Å². The first-order valence-corrected chi connectivity index (χ1v) is 10.3. The second-order valence-electron chi connectivity index (χ2n) is 7.95. The molecule has 0 aromatic heterocycles. The highest BCUT2D eigenvalue weighted by Gasteiger charge is 2.38. The van der Waals surface area contributed by atoms with Gasteiger partial charge in [-0.15, -0.1) is 0 Å². The second kappa shape index (κ2) is 7.76. The minimum absolute atomic E-state index is 0.0351. The molecule has 0 spiro atoms. The van der Waals surface area contributed by atoms with Crippen LogP contribution in [-0.4, -0.2) is 39.2 Å². The van der Waals surface area contributed by atoms with Crippen molar-refractivity contribution in [2.24, 2.45) is 0 Å². The third-order valence-electron chi connectivity index (χ3n) is 6.28. The summed E-state index contributed by atoms with van der Waals surface area (Å²) >= 11 is 0. The van der Waals surface area contributed by atoms with Gasteiger partial charge in [0.15, 0.2) is 23.0 Å². The van der Waals surface area contributed by atoms with Crippen molar-refractivity contribution in [2.45, 2.75) is 43.4 Å². The Morgan fingerprint density at radius 3 is 2.55 bits per heavy atom. The number of para-hydroxylation sites is 2. The van der Waals surface area contributed by atoms with Crippen LogP contribution in [0.25, 0.3) is 0 Å². The Bertz CT molecular complexity index is 862. The zero-order chi connectivity index (χ0) is 19.7. The van der Waals surface area contributed by atoms with E-state index >= 15 is 0 Å². The number of hydrogen-bond acceptors (Lipinski definition) is 6. The lowest BCUT2D eigenvalue weighted by Crippen LogP contribution is -2.46. The van der Waals surface area contributed by atoms with Crippen molar-refractivity contribution < 1.29 is 23.7 Å². The van der Waals surface area contributed by atoms with E-state index in [2.05, 4.69) is 17.4 Å². The van der Waals surface area contributed by atoms with Gasteiger partial charge in [-0.25, -0.2) is 0 Å². The maximum Gasteiger partial charge on any atom is 0.231 e. The highest BCUT2D eigenvalue weighted by atomic mass is 16.7. The van der Waals surface area contributed by atoms with Crippen molar-refractivity contribution in [3.05, 3.63) is 48.0 Å². The number of nitrogens with one attached hydrogen (secondary N) is 1. The summed E-state index contributed by atoms with van der Waals surface area (Å²) in [6.07, 6.45) is 4.06. The first-order valence-electron chi connectivity index (χ1n) is 10.3. The first-order chi connectivity index (χ1) is 14.3. The molecule has 154 valence electrons. The van der Waals surface area contributed by atoms with E-state index in [1.165, 1.54) is 5.56 Å². The van der Waals surface area contributed by atoms with E-state index in [4.69, 9.17) is 23.7 Å². The molecule has 0 saturated heterocycles. The van der Waals surface area contributed by atoms with Gasteiger partial charge >= 0.3 is 0 Å². The number of benzene rings is 2. The van der Waals surface area contributed by atoms with Gasteiger partial charge in [0, 0.05) is 19.7 Å². The number of fused-ring (bicyclic) bond motifs is 2. The molecule has 5 rings (SSSR count). The Morgan fingerprint density at radius 1 is 0.966 bits per heavy atom. The van der Waals surface area contributed by atoms with Gasteiger partial charge < -0.3 is 29.0 Å². The zero-order valence-electron chi connectivity index (χ0n) is 16.7. The van der Waals surface area contributed by atoms with Crippen LogP contribution >= 0.6 is 0 Å². The summed E-state index contributed by atoms with van der Waals surface area (Å²) < 4.78 is 28.9. The molecule has 0 bridgehead atoms. The van der Waals surface area contributed by atoms with Gasteiger partial charge in [-0.2, -0.15) is 0 Å². The molecule has 3 aliphatic rings. The van der Waals surface area contributed by atoms with Gasteiger partial charge in [-0.3, -0.25) is 0 Å². The lowest BCUT2D eigenvalue weighted by atomic mass is 9.77. The maximum atomic E-state index is 6.06. The molecule has 6 nitrogen and oxygen atoms in total. The molecule has 0 radical (unpaired) electrons. The predicted octanol–water partition coefficient (Wildman–Crippen LogP) is 3.63. The van der Waals surface area contributed by atoms with E-state index in [0.29, 0.717) is 19.4 Å². The fourth-order valence-electron chi connectivity index (χ4n) is 4.54. The van der Waals surface area contributed by atoms with Crippen LogP contribution in [0.5, 0.6) is 23.0 Å². The summed E-state index contributed by atoms with van der Waals surface area (Å²) in [6.45, 7) is 1.65. The third kappa shape index (κ3) is 3.63. The van der Waals surface area contributed by atoms with Crippen LogP contribution < -0.4 is 24.3 Å². The molecule has 1 aliphatic carbocycles. The molecule has 1 fully saturated rings. The summed E-state index contributed by atoms with van der Waals surface area (Å²) in [5.41, 5.74) is 0.908. The van der Waals surface area contributed by atoms with Crippen LogP contribution in [0.2, 0.25) is 0 Å². The Morgan fingerprint density at radius 2 is 1.72 bits per heavy atom. The number of hydrogen-bond donors (Lipinski definition) is 1. The quantitative estimate of drug-likeness (QED) is 0.832. The summed E-state index contributed by atoms with van der Waals surface area (Å²) in [4.78, 5) is 0. The van der Waals surface area contributed by atoms with Gasteiger partial charge in [0.2, 0.25) is 6.79 Å². The molecule has 2 aliphatic heterocycles. The van der Waals surface area contributed by atoms with E-state index in [1.807, 2.05) is 37.4 Å². The van der Waals surface area contributed by atoms with Gasteiger partial charge in [0.05, 0.1) is 5.60 Å². The molecule has 1 saturated carbocycles. The first kappa shape index (κ1) is 18.6. The normalized spacial score (nSPS) is 27.6. The average molecular weight is 397 g/mol. The van der Waals surface area contributed by atoms with Crippen molar-refractivity contribution >= 4 is 0 Å². The van der Waals surface area contributed by atoms with Gasteiger partial charge in [0.25, 0.3) is 0 Å². The SMILES string of the molecule is COC1(c2ccc3c(c2)OCO3)CCC(NC[C@H]2COc3ccccc3O2)CC1. The van der Waals surface area contributed by atoms with E-state index in [9.17, 15) is 0 Å². The molecule has 1 N–H and O–H groups in total. The summed E-state index contributed by atoms with van der Waals surface area (Å²) in [6, 6.07) is 14.5. The lowest BCUT2D eigenvalue weighted by molar-refractivity contribution is -0.0508. The molecule has 2 heterocycles. The van der Waals surface area contributed by atoms with E-state index in [-0.39, 0.29) is 11.7 Å². The van der Waals surface area contributed by atoms with Crippen molar-refractivity contribution in [2.75, 3.05) is 27.1 Å².